The monoisotopic (exact) mass is 1160 g/mol. The van der Waals surface area contributed by atoms with E-state index in [-0.39, 0.29) is 28.7 Å². The Hall–Kier alpha value is -2.69. The topological polar surface area (TPSA) is 97.5 Å². The number of halogens is 4. The van der Waals surface area contributed by atoms with Gasteiger partial charge in [-0.3, -0.25) is 9.89 Å². The molecule has 0 radical (unpaired) electrons. The molecule has 3 heterocycles. The average molecular weight is 1160 g/mol. The van der Waals surface area contributed by atoms with Crippen molar-refractivity contribution in [2.24, 2.45) is 34.6 Å². The highest BCUT2D eigenvalue weighted by Gasteiger charge is 2.49. The lowest BCUT2D eigenvalue weighted by Gasteiger charge is -2.59. The van der Waals surface area contributed by atoms with E-state index in [0.717, 1.165) is 88.7 Å². The molecular weight excluding hydrogens is 1040 g/mol. The number of nitrogens with zero attached hydrogens (tertiary/aromatic N) is 5. The molecule has 11 nitrogen and oxygen atoms in total. The number of alkyl halides is 3. The summed E-state index contributed by atoms with van der Waals surface area (Å²) in [6.07, 6.45) is 17.9. The van der Waals surface area contributed by atoms with Crippen LogP contribution in [-0.2, 0) is 12.6 Å². The second kappa shape index (κ2) is 32.7. The van der Waals surface area contributed by atoms with E-state index in [9.17, 15) is 13.2 Å². The fraction of sp³-hybridized carbons (Fsp3) is 0.803. The lowest BCUT2D eigenvalue weighted by atomic mass is 9.76. The molecule has 1 aromatic carbocycles. The van der Waals surface area contributed by atoms with Gasteiger partial charge in [0.1, 0.15) is 0 Å². The average Bonchev–Trinajstić information content (AvgIpc) is 3.88. The van der Waals surface area contributed by atoms with Crippen LogP contribution in [0.15, 0.2) is 59.4 Å². The highest BCUT2D eigenvalue weighted by atomic mass is 35.5. The zero-order valence-corrected chi connectivity index (χ0v) is 54.6. The van der Waals surface area contributed by atoms with Gasteiger partial charge < -0.3 is 46.6 Å². The Morgan fingerprint density at radius 2 is 1.48 bits per heavy atom. The van der Waals surface area contributed by atoms with Gasteiger partial charge >= 0.3 is 6.18 Å². The maximum Gasteiger partial charge on any atom is 0.417 e. The molecule has 3 aliphatic heterocycles. The molecule has 4 aliphatic rings. The maximum atomic E-state index is 13.6. The van der Waals surface area contributed by atoms with Crippen LogP contribution in [0.2, 0.25) is 5.02 Å². The Morgan fingerprint density at radius 3 is 2.14 bits per heavy atom. The standard InChI is InChI=1S/C66H117ClF3N11/c1-18-45(5)61-40-75-63(46(6)19-2)49(9)74-41-62-47(7)51(11)81(62)64(44(3)4)50(10)77-65(14,15)53(13)72-34-33-71-32-31-56(29-27-55-28-30-59(60(67)39-55)66(68,69)70)73-35-37-78(16)42-58(38-54-24-21-20-22-25-54)79(17)43-57-26-23-36-80(57)52(12)48(8)76-61/h28,30,35,37,39,42-54,61-64,71-72,74-77H,18-27,29,31-34,36,38,40-41H2,1-17H3/t45-,46-,47+,48?,49?,50?,51?,52-,53?,61+,62?,63-,64-/m0/s1. The third-order valence-corrected chi connectivity index (χ3v) is 20.3. The first-order valence-electron chi connectivity index (χ1n) is 32.2. The number of nitrogens with one attached hydrogen (secondary N) is 6. The summed E-state index contributed by atoms with van der Waals surface area (Å²) in [5.74, 6) is 2.76. The molecule has 3 fully saturated rings. The summed E-state index contributed by atoms with van der Waals surface area (Å²) in [6, 6.07) is 7.49. The van der Waals surface area contributed by atoms with E-state index < -0.39 is 11.7 Å². The van der Waals surface area contributed by atoms with Crippen molar-refractivity contribution in [2.75, 3.05) is 53.4 Å². The summed E-state index contributed by atoms with van der Waals surface area (Å²) in [7, 11) is 4.33. The zero-order valence-electron chi connectivity index (χ0n) is 53.9. The molecule has 6 unspecified atom stereocenters. The van der Waals surface area contributed by atoms with Crippen LogP contribution < -0.4 is 31.9 Å². The number of allylic oxidation sites excluding steroid dienone is 2. The van der Waals surface area contributed by atoms with Gasteiger partial charge in [0.2, 0.25) is 0 Å². The quantitative estimate of drug-likeness (QED) is 0.136. The minimum Gasteiger partial charge on any atom is -0.369 e. The molecule has 1 saturated carbocycles. The number of hydrogen-bond acceptors (Lipinski definition) is 11. The largest absolute Gasteiger partial charge is 0.417 e. The lowest BCUT2D eigenvalue weighted by Crippen LogP contribution is -2.73. The molecule has 13 atom stereocenters. The first kappa shape index (κ1) is 69.1. The Morgan fingerprint density at radius 1 is 0.778 bits per heavy atom. The van der Waals surface area contributed by atoms with Crippen LogP contribution in [-0.4, -0.2) is 145 Å². The van der Waals surface area contributed by atoms with Crippen molar-refractivity contribution in [3.63, 3.8) is 0 Å². The van der Waals surface area contributed by atoms with E-state index >= 15 is 0 Å². The van der Waals surface area contributed by atoms with E-state index in [2.05, 4.69) is 182 Å². The van der Waals surface area contributed by atoms with Crippen molar-refractivity contribution in [3.05, 3.63) is 70.5 Å². The van der Waals surface area contributed by atoms with Gasteiger partial charge in [-0.2, -0.15) is 13.2 Å². The number of aliphatic imine (C=N–C) groups is 1. The molecule has 15 heteroatoms. The number of benzene rings is 1. The second-order valence-electron chi connectivity index (χ2n) is 26.7. The Kier molecular flexibility index (Phi) is 27.9. The SMILES string of the molecule is CC[C@H](C)[C@@H]1NC[C@H]([C@@H](C)CC)NC(C)[C@H](C)N2CCCC2=CN(C)C(CC2CCCCC2)=CN(C)C=CN=C(CCc2ccc(C(F)(F)F)c(Cl)c2)CCNCCNC(C)C(C)(C)NC(C)[C@H](C(C)C)N2C(C)[C@@H](C)C2CNC1C. The summed E-state index contributed by atoms with van der Waals surface area (Å²) in [5.41, 5.74) is 3.46. The molecule has 81 heavy (non-hydrogen) atoms. The van der Waals surface area contributed by atoms with Gasteiger partial charge in [0, 0.05) is 161 Å². The molecule has 5 rings (SSSR count). The van der Waals surface area contributed by atoms with E-state index in [4.69, 9.17) is 16.6 Å². The van der Waals surface area contributed by atoms with Crippen molar-refractivity contribution >= 4 is 17.3 Å². The van der Waals surface area contributed by atoms with E-state index in [1.54, 1.807) is 6.07 Å². The zero-order chi connectivity index (χ0) is 59.8. The van der Waals surface area contributed by atoms with Crippen molar-refractivity contribution in [1.82, 2.24) is 51.5 Å². The smallest absolute Gasteiger partial charge is 0.369 e. The number of rotatable bonds is 10. The highest BCUT2D eigenvalue weighted by molar-refractivity contribution is 6.31. The molecule has 0 bridgehead atoms. The maximum absolute atomic E-state index is 13.6. The molecule has 464 valence electrons. The van der Waals surface area contributed by atoms with Crippen molar-refractivity contribution in [3.8, 4) is 0 Å². The van der Waals surface area contributed by atoms with Crippen LogP contribution in [0.25, 0.3) is 0 Å². The van der Waals surface area contributed by atoms with Crippen molar-refractivity contribution in [1.29, 1.82) is 0 Å². The van der Waals surface area contributed by atoms with Crippen molar-refractivity contribution in [2.45, 2.75) is 259 Å². The third-order valence-electron chi connectivity index (χ3n) is 20.0. The van der Waals surface area contributed by atoms with Crippen LogP contribution in [0, 0.1) is 29.6 Å². The number of hydrogen-bond donors (Lipinski definition) is 6. The summed E-state index contributed by atoms with van der Waals surface area (Å²) in [5, 5.41) is 23.9. The highest BCUT2D eigenvalue weighted by Crippen LogP contribution is 2.39. The summed E-state index contributed by atoms with van der Waals surface area (Å²) in [6.45, 7) is 41.1. The Bertz CT molecular complexity index is 2140. The molecule has 0 spiro atoms. The van der Waals surface area contributed by atoms with Gasteiger partial charge in [-0.15, -0.1) is 0 Å². The molecule has 0 amide bonds. The fourth-order valence-corrected chi connectivity index (χ4v) is 14.0. The van der Waals surface area contributed by atoms with Gasteiger partial charge in [0.25, 0.3) is 0 Å². The summed E-state index contributed by atoms with van der Waals surface area (Å²) in [4.78, 5) is 15.1. The minimum absolute atomic E-state index is 0.173. The molecule has 1 aromatic rings. The minimum atomic E-state index is -4.50. The molecule has 0 aromatic heterocycles. The van der Waals surface area contributed by atoms with E-state index in [1.807, 2.05) is 12.4 Å². The fourth-order valence-electron chi connectivity index (χ4n) is 13.7. The van der Waals surface area contributed by atoms with Crippen LogP contribution >= 0.6 is 11.6 Å². The van der Waals surface area contributed by atoms with Gasteiger partial charge in [0.15, 0.2) is 0 Å². The first-order valence-corrected chi connectivity index (χ1v) is 32.6. The molecule has 1 aliphatic carbocycles. The number of aryl methyl sites for hydroxylation is 1. The molecule has 6 N–H and O–H groups in total. The molecular formula is C66H117ClF3N11. The lowest BCUT2D eigenvalue weighted by molar-refractivity contribution is -0.137. The van der Waals surface area contributed by atoms with Crippen LogP contribution in [0.1, 0.15) is 192 Å². The first-order chi connectivity index (χ1) is 38.3. The van der Waals surface area contributed by atoms with Gasteiger partial charge in [-0.25, -0.2) is 0 Å². The molecule has 2 saturated heterocycles. The summed E-state index contributed by atoms with van der Waals surface area (Å²) < 4.78 is 40.8. The number of fused-ring (bicyclic) bond motifs is 2. The van der Waals surface area contributed by atoms with E-state index in [1.165, 1.54) is 49.6 Å². The van der Waals surface area contributed by atoms with Crippen LogP contribution in [0.3, 0.4) is 0 Å². The van der Waals surface area contributed by atoms with Gasteiger partial charge in [-0.05, 0) is 141 Å². The van der Waals surface area contributed by atoms with Gasteiger partial charge in [0.05, 0.1) is 10.6 Å². The van der Waals surface area contributed by atoms with Crippen LogP contribution in [0.4, 0.5) is 13.2 Å². The third kappa shape index (κ3) is 20.2. The Balaban J connectivity index is 1.45. The normalized spacial score (nSPS) is 31.5. The summed E-state index contributed by atoms with van der Waals surface area (Å²) >= 11 is 6.18. The second-order valence-corrected chi connectivity index (χ2v) is 27.1. The predicted octanol–water partition coefficient (Wildman–Crippen LogP) is 13.0. The van der Waals surface area contributed by atoms with Crippen LogP contribution in [0.5, 0.6) is 0 Å². The van der Waals surface area contributed by atoms with Gasteiger partial charge in [-0.1, -0.05) is 111 Å². The van der Waals surface area contributed by atoms with E-state index in [0.29, 0.717) is 91.1 Å². The Labute approximate surface area is 497 Å². The predicted molar refractivity (Wildman–Crippen MR) is 339 cm³/mol. The van der Waals surface area contributed by atoms with Crippen molar-refractivity contribution < 1.29 is 13.2 Å².